The van der Waals surface area contributed by atoms with Crippen LogP contribution in [0.3, 0.4) is 0 Å². The molecule has 0 aliphatic rings. The van der Waals surface area contributed by atoms with E-state index >= 15 is 0 Å². The highest BCUT2D eigenvalue weighted by atomic mass is 32.2. The minimum atomic E-state index is -0.0556. The molecule has 0 saturated carbocycles. The maximum Gasteiger partial charge on any atom is 0.158 e. The standard InChI is InChI=1S/C8H10O2S/c1-5-3-6(9)7(10)4-8(5)11-2/h3-4,9-10H,1-2H3. The number of hydrogen-bond acceptors (Lipinski definition) is 3. The molecule has 1 aromatic carbocycles. The van der Waals surface area contributed by atoms with Crippen LogP contribution in [0.4, 0.5) is 0 Å². The Bertz CT molecular complexity index is 271. The SMILES string of the molecule is CSc1cc(O)c(O)cc1C. The van der Waals surface area contributed by atoms with Gasteiger partial charge in [0.2, 0.25) is 0 Å². The molecular formula is C8H10O2S. The van der Waals surface area contributed by atoms with Gasteiger partial charge in [0.15, 0.2) is 11.5 Å². The van der Waals surface area contributed by atoms with Gasteiger partial charge in [-0.2, -0.15) is 0 Å². The van der Waals surface area contributed by atoms with Crippen LogP contribution < -0.4 is 0 Å². The molecule has 2 N–H and O–H groups in total. The van der Waals surface area contributed by atoms with Crippen molar-refractivity contribution in [3.05, 3.63) is 17.7 Å². The third-order valence-corrected chi connectivity index (χ3v) is 2.37. The molecule has 0 heterocycles. The number of benzene rings is 1. The van der Waals surface area contributed by atoms with Gasteiger partial charge < -0.3 is 10.2 Å². The summed E-state index contributed by atoms with van der Waals surface area (Å²) in [6.07, 6.45) is 1.93. The Hall–Kier alpha value is -0.830. The van der Waals surface area contributed by atoms with Crippen molar-refractivity contribution in [1.82, 2.24) is 0 Å². The molecular weight excluding hydrogens is 160 g/mol. The van der Waals surface area contributed by atoms with Crippen molar-refractivity contribution in [2.24, 2.45) is 0 Å². The van der Waals surface area contributed by atoms with Crippen LogP contribution in [0.2, 0.25) is 0 Å². The number of phenols is 2. The number of phenolic OH excluding ortho intramolecular Hbond substituents is 2. The van der Waals surface area contributed by atoms with Crippen LogP contribution in [-0.4, -0.2) is 16.5 Å². The van der Waals surface area contributed by atoms with Gasteiger partial charge in [-0.15, -0.1) is 11.8 Å². The first-order valence-electron chi connectivity index (χ1n) is 3.21. The van der Waals surface area contributed by atoms with Gasteiger partial charge in [0.1, 0.15) is 0 Å². The zero-order valence-corrected chi connectivity index (χ0v) is 7.27. The highest BCUT2D eigenvalue weighted by Gasteiger charge is 2.03. The van der Waals surface area contributed by atoms with E-state index in [0.717, 1.165) is 10.5 Å². The van der Waals surface area contributed by atoms with Crippen LogP contribution in [-0.2, 0) is 0 Å². The van der Waals surface area contributed by atoms with Gasteiger partial charge in [-0.05, 0) is 30.9 Å². The normalized spacial score (nSPS) is 10.0. The lowest BCUT2D eigenvalue weighted by atomic mass is 10.2. The number of thioether (sulfide) groups is 1. The lowest BCUT2D eigenvalue weighted by molar-refractivity contribution is 0.402. The van der Waals surface area contributed by atoms with Crippen molar-refractivity contribution >= 4 is 11.8 Å². The maximum absolute atomic E-state index is 9.09. The third kappa shape index (κ3) is 1.60. The third-order valence-electron chi connectivity index (χ3n) is 1.49. The van der Waals surface area contributed by atoms with Crippen molar-refractivity contribution in [3.63, 3.8) is 0 Å². The van der Waals surface area contributed by atoms with Crippen LogP contribution in [0.1, 0.15) is 5.56 Å². The van der Waals surface area contributed by atoms with Gasteiger partial charge in [0, 0.05) is 4.90 Å². The quantitative estimate of drug-likeness (QED) is 0.501. The van der Waals surface area contributed by atoms with E-state index in [1.807, 2.05) is 13.2 Å². The molecule has 3 heteroatoms. The Morgan fingerprint density at radius 2 is 1.73 bits per heavy atom. The first-order chi connectivity index (χ1) is 5.15. The Morgan fingerprint density at radius 3 is 2.27 bits per heavy atom. The summed E-state index contributed by atoms with van der Waals surface area (Å²) in [4.78, 5) is 0.986. The molecule has 0 amide bonds. The molecule has 0 spiro atoms. The van der Waals surface area contributed by atoms with Crippen molar-refractivity contribution in [2.75, 3.05) is 6.26 Å². The van der Waals surface area contributed by atoms with E-state index < -0.39 is 0 Å². The van der Waals surface area contributed by atoms with Gasteiger partial charge >= 0.3 is 0 Å². The molecule has 0 saturated heterocycles. The van der Waals surface area contributed by atoms with Crippen LogP contribution in [0.5, 0.6) is 11.5 Å². The van der Waals surface area contributed by atoms with Crippen molar-refractivity contribution in [1.29, 1.82) is 0 Å². The number of aryl methyl sites for hydroxylation is 1. The predicted octanol–water partition coefficient (Wildman–Crippen LogP) is 2.13. The van der Waals surface area contributed by atoms with E-state index in [1.54, 1.807) is 23.9 Å². The summed E-state index contributed by atoms with van der Waals surface area (Å²) in [6, 6.07) is 3.12. The number of rotatable bonds is 1. The van der Waals surface area contributed by atoms with Gasteiger partial charge in [-0.3, -0.25) is 0 Å². The molecule has 60 valence electrons. The Balaban J connectivity index is 3.21. The van der Waals surface area contributed by atoms with E-state index in [9.17, 15) is 0 Å². The van der Waals surface area contributed by atoms with Crippen molar-refractivity contribution < 1.29 is 10.2 Å². The second-order valence-corrected chi connectivity index (χ2v) is 3.16. The van der Waals surface area contributed by atoms with Crippen molar-refractivity contribution in [2.45, 2.75) is 11.8 Å². The Morgan fingerprint density at radius 1 is 1.18 bits per heavy atom. The van der Waals surface area contributed by atoms with E-state index in [4.69, 9.17) is 10.2 Å². The molecule has 11 heavy (non-hydrogen) atoms. The van der Waals surface area contributed by atoms with E-state index in [-0.39, 0.29) is 11.5 Å². The highest BCUT2D eigenvalue weighted by Crippen LogP contribution is 2.31. The zero-order valence-electron chi connectivity index (χ0n) is 6.46. The monoisotopic (exact) mass is 170 g/mol. The van der Waals surface area contributed by atoms with E-state index in [2.05, 4.69) is 0 Å². The molecule has 0 fully saturated rings. The fourth-order valence-corrected chi connectivity index (χ4v) is 1.49. The summed E-state index contributed by atoms with van der Waals surface area (Å²) < 4.78 is 0. The van der Waals surface area contributed by atoms with Gasteiger partial charge in [0.05, 0.1) is 0 Å². The summed E-state index contributed by atoms with van der Waals surface area (Å²) in [5, 5.41) is 18.2. The smallest absolute Gasteiger partial charge is 0.158 e. The average Bonchev–Trinajstić information content (AvgIpc) is 1.97. The van der Waals surface area contributed by atoms with E-state index in [1.165, 1.54) is 0 Å². The average molecular weight is 170 g/mol. The molecule has 0 atom stereocenters. The van der Waals surface area contributed by atoms with Crippen LogP contribution >= 0.6 is 11.8 Å². The van der Waals surface area contributed by atoms with Gasteiger partial charge in [0.25, 0.3) is 0 Å². The minimum Gasteiger partial charge on any atom is -0.504 e. The first-order valence-corrected chi connectivity index (χ1v) is 4.44. The molecule has 1 rings (SSSR count). The molecule has 0 aliphatic carbocycles. The van der Waals surface area contributed by atoms with Crippen LogP contribution in [0, 0.1) is 6.92 Å². The molecule has 0 radical (unpaired) electrons. The fourth-order valence-electron chi connectivity index (χ4n) is 0.882. The molecule has 2 nitrogen and oxygen atoms in total. The Kier molecular flexibility index (Phi) is 2.29. The second-order valence-electron chi connectivity index (χ2n) is 2.31. The summed E-state index contributed by atoms with van der Waals surface area (Å²) >= 11 is 1.55. The summed E-state index contributed by atoms with van der Waals surface area (Å²) in [5.74, 6) is -0.111. The predicted molar refractivity (Wildman–Crippen MR) is 46.3 cm³/mol. The largest absolute Gasteiger partial charge is 0.504 e. The molecule has 0 aliphatic heterocycles. The summed E-state index contributed by atoms with van der Waals surface area (Å²) in [6.45, 7) is 1.89. The zero-order chi connectivity index (χ0) is 8.43. The lowest BCUT2D eigenvalue weighted by Gasteiger charge is -2.03. The fraction of sp³-hybridized carbons (Fsp3) is 0.250. The molecule has 1 aromatic rings. The van der Waals surface area contributed by atoms with E-state index in [0.29, 0.717) is 0 Å². The molecule has 0 aromatic heterocycles. The summed E-state index contributed by atoms with van der Waals surface area (Å²) in [7, 11) is 0. The van der Waals surface area contributed by atoms with Gasteiger partial charge in [-0.25, -0.2) is 0 Å². The number of hydrogen-bond donors (Lipinski definition) is 2. The number of aromatic hydroxyl groups is 2. The van der Waals surface area contributed by atoms with Crippen LogP contribution in [0.15, 0.2) is 17.0 Å². The molecule has 0 unspecified atom stereocenters. The second kappa shape index (κ2) is 3.05. The minimum absolute atomic E-state index is 0.0553. The maximum atomic E-state index is 9.09. The van der Waals surface area contributed by atoms with Crippen molar-refractivity contribution in [3.8, 4) is 11.5 Å². The summed E-state index contributed by atoms with van der Waals surface area (Å²) in [5.41, 5.74) is 0.979. The Labute approximate surface area is 69.9 Å². The first kappa shape index (κ1) is 8.27. The van der Waals surface area contributed by atoms with Crippen LogP contribution in [0.25, 0.3) is 0 Å². The highest BCUT2D eigenvalue weighted by molar-refractivity contribution is 7.98. The lowest BCUT2D eigenvalue weighted by Crippen LogP contribution is -1.78. The van der Waals surface area contributed by atoms with Gasteiger partial charge in [-0.1, -0.05) is 0 Å². The topological polar surface area (TPSA) is 40.5 Å². The molecule has 0 bridgehead atoms.